The largest absolute Gasteiger partial charge is 0.449 e. The number of alkyl carbamates (subject to hydrolysis) is 1. The third kappa shape index (κ3) is 5.04. The fraction of sp³-hybridized carbons (Fsp3) is 0.222. The van der Waals surface area contributed by atoms with Crippen molar-refractivity contribution in [3.05, 3.63) is 101 Å². The first kappa shape index (κ1) is 20.9. The highest BCUT2D eigenvalue weighted by Crippen LogP contribution is 2.44. The van der Waals surface area contributed by atoms with Crippen molar-refractivity contribution in [2.75, 3.05) is 20.3 Å². The molecule has 1 aliphatic carbocycles. The van der Waals surface area contributed by atoms with Gasteiger partial charge in [0, 0.05) is 19.6 Å². The fourth-order valence-corrected chi connectivity index (χ4v) is 4.02. The second-order valence-corrected chi connectivity index (χ2v) is 7.62. The normalized spacial score (nSPS) is 12.5. The van der Waals surface area contributed by atoms with Gasteiger partial charge < -0.3 is 14.8 Å². The summed E-state index contributed by atoms with van der Waals surface area (Å²) in [6.07, 6.45) is 4.47. The van der Waals surface area contributed by atoms with Crippen LogP contribution < -0.4 is 5.32 Å². The number of carbonyl (C=O) groups excluding carboxylic acids is 1. The van der Waals surface area contributed by atoms with Crippen molar-refractivity contribution in [3.63, 3.8) is 0 Å². The highest BCUT2D eigenvalue weighted by molar-refractivity contribution is 5.79. The van der Waals surface area contributed by atoms with Gasteiger partial charge >= 0.3 is 6.09 Å². The van der Waals surface area contributed by atoms with Crippen molar-refractivity contribution in [2.24, 2.45) is 0 Å². The highest BCUT2D eigenvalue weighted by Gasteiger charge is 2.28. The lowest BCUT2D eigenvalue weighted by molar-refractivity contribution is 0.143. The van der Waals surface area contributed by atoms with Gasteiger partial charge in [0.1, 0.15) is 6.61 Å². The summed E-state index contributed by atoms with van der Waals surface area (Å²) in [7, 11) is 1.69. The molecule has 0 aliphatic heterocycles. The molecule has 0 saturated heterocycles. The maximum atomic E-state index is 12.2. The first-order chi connectivity index (χ1) is 15.3. The Morgan fingerprint density at radius 2 is 1.58 bits per heavy atom. The van der Waals surface area contributed by atoms with E-state index >= 15 is 0 Å². The number of fused-ring (bicyclic) bond motifs is 3. The van der Waals surface area contributed by atoms with E-state index in [9.17, 15) is 4.79 Å². The van der Waals surface area contributed by atoms with Gasteiger partial charge in [-0.3, -0.25) is 0 Å². The predicted octanol–water partition coefficient (Wildman–Crippen LogP) is 5.78. The van der Waals surface area contributed by atoms with Gasteiger partial charge in [0.15, 0.2) is 0 Å². The van der Waals surface area contributed by atoms with Crippen LogP contribution >= 0.6 is 0 Å². The van der Waals surface area contributed by atoms with Crippen molar-refractivity contribution in [3.8, 4) is 11.1 Å². The molecule has 1 N–H and O–H groups in total. The third-order valence-electron chi connectivity index (χ3n) is 5.53. The van der Waals surface area contributed by atoms with Crippen LogP contribution in [0, 0.1) is 0 Å². The molecule has 4 nitrogen and oxygen atoms in total. The van der Waals surface area contributed by atoms with Crippen molar-refractivity contribution in [1.82, 2.24) is 5.32 Å². The van der Waals surface area contributed by atoms with Crippen LogP contribution in [0.5, 0.6) is 0 Å². The minimum Gasteiger partial charge on any atom is -0.449 e. The van der Waals surface area contributed by atoms with E-state index in [2.05, 4.69) is 66.0 Å². The van der Waals surface area contributed by atoms with Gasteiger partial charge in [0.05, 0.1) is 6.61 Å². The van der Waals surface area contributed by atoms with E-state index in [0.717, 1.165) is 17.5 Å². The van der Waals surface area contributed by atoms with Gasteiger partial charge in [-0.05, 0) is 39.8 Å². The van der Waals surface area contributed by atoms with E-state index in [1.807, 2.05) is 24.3 Å². The standard InChI is InChI=1S/C27H27NO3/c1-30-18-21-15-13-20(14-16-21)8-6-7-17-28-27(29)31-19-26-24-11-4-2-9-22(24)23-10-3-5-12-25(23)26/h2-6,8-16,26H,7,17-19H2,1H3,(H,28,29). The number of methoxy groups -OCH3 is 1. The molecule has 0 heterocycles. The number of ether oxygens (including phenoxy) is 2. The molecular formula is C27H27NO3. The van der Waals surface area contributed by atoms with Crippen molar-refractivity contribution < 1.29 is 14.3 Å². The smallest absolute Gasteiger partial charge is 0.407 e. The second kappa shape index (κ2) is 10.1. The highest BCUT2D eigenvalue weighted by atomic mass is 16.5. The molecule has 0 atom stereocenters. The van der Waals surface area contributed by atoms with E-state index in [4.69, 9.17) is 9.47 Å². The molecule has 0 unspecified atom stereocenters. The predicted molar refractivity (Wildman–Crippen MR) is 124 cm³/mol. The van der Waals surface area contributed by atoms with Crippen LogP contribution in [-0.2, 0) is 16.1 Å². The van der Waals surface area contributed by atoms with E-state index in [0.29, 0.717) is 19.8 Å². The second-order valence-electron chi connectivity index (χ2n) is 7.62. The maximum absolute atomic E-state index is 12.2. The molecule has 0 saturated carbocycles. The molecule has 0 radical (unpaired) electrons. The summed E-state index contributed by atoms with van der Waals surface area (Å²) < 4.78 is 10.7. The summed E-state index contributed by atoms with van der Waals surface area (Å²) in [4.78, 5) is 12.2. The average molecular weight is 414 g/mol. The molecule has 0 fully saturated rings. The van der Waals surface area contributed by atoms with Gasteiger partial charge in [0.2, 0.25) is 0 Å². The molecule has 1 aliphatic rings. The van der Waals surface area contributed by atoms with Gasteiger partial charge in [-0.25, -0.2) is 4.79 Å². The fourth-order valence-electron chi connectivity index (χ4n) is 4.02. The van der Waals surface area contributed by atoms with Gasteiger partial charge in [-0.2, -0.15) is 0 Å². The molecule has 4 heteroatoms. The molecule has 0 bridgehead atoms. The van der Waals surface area contributed by atoms with Crippen LogP contribution in [-0.4, -0.2) is 26.4 Å². The summed E-state index contributed by atoms with van der Waals surface area (Å²) in [5.41, 5.74) is 7.17. The molecule has 0 aromatic heterocycles. The van der Waals surface area contributed by atoms with Gasteiger partial charge in [0.25, 0.3) is 0 Å². The Hall–Kier alpha value is -3.37. The lowest BCUT2D eigenvalue weighted by Crippen LogP contribution is -2.26. The number of hydrogen-bond donors (Lipinski definition) is 1. The maximum Gasteiger partial charge on any atom is 0.407 e. The third-order valence-corrected chi connectivity index (χ3v) is 5.53. The van der Waals surface area contributed by atoms with Crippen LogP contribution in [0.25, 0.3) is 17.2 Å². The summed E-state index contributed by atoms with van der Waals surface area (Å²) in [6, 6.07) is 24.9. The Kier molecular flexibility index (Phi) is 6.80. The van der Waals surface area contributed by atoms with E-state index in [1.54, 1.807) is 7.11 Å². The van der Waals surface area contributed by atoms with E-state index in [-0.39, 0.29) is 12.0 Å². The Labute approximate surface area is 183 Å². The van der Waals surface area contributed by atoms with E-state index in [1.165, 1.54) is 22.3 Å². The topological polar surface area (TPSA) is 47.6 Å². The molecule has 158 valence electrons. The van der Waals surface area contributed by atoms with Gasteiger partial charge in [-0.1, -0.05) is 84.9 Å². The van der Waals surface area contributed by atoms with Crippen LogP contribution in [0.1, 0.15) is 34.6 Å². The number of carbonyl (C=O) groups is 1. The minimum absolute atomic E-state index is 0.0825. The monoisotopic (exact) mass is 413 g/mol. The van der Waals surface area contributed by atoms with Crippen LogP contribution in [0.15, 0.2) is 78.9 Å². The Bertz CT molecular complexity index is 1010. The average Bonchev–Trinajstić information content (AvgIpc) is 3.12. The minimum atomic E-state index is -0.376. The number of nitrogens with one attached hydrogen (secondary N) is 1. The quantitative estimate of drug-likeness (QED) is 0.477. The molecule has 1 amide bonds. The van der Waals surface area contributed by atoms with Crippen molar-refractivity contribution >= 4 is 12.2 Å². The molecule has 4 rings (SSSR count). The summed E-state index contributed by atoms with van der Waals surface area (Å²) in [5.74, 6) is 0.0825. The zero-order valence-electron chi connectivity index (χ0n) is 17.7. The summed E-state index contributed by atoms with van der Waals surface area (Å²) in [5, 5.41) is 2.84. The number of rotatable bonds is 8. The van der Waals surface area contributed by atoms with Crippen LogP contribution in [0.2, 0.25) is 0 Å². The number of benzene rings is 3. The SMILES string of the molecule is COCc1ccc(C=CCCNC(=O)OCC2c3ccccc3-c3ccccc32)cc1. The summed E-state index contributed by atoms with van der Waals surface area (Å²) >= 11 is 0. The first-order valence-electron chi connectivity index (χ1n) is 10.6. The molecule has 31 heavy (non-hydrogen) atoms. The number of hydrogen-bond acceptors (Lipinski definition) is 3. The lowest BCUT2D eigenvalue weighted by atomic mass is 9.98. The molecule has 0 spiro atoms. The lowest BCUT2D eigenvalue weighted by Gasteiger charge is -2.14. The molecular weight excluding hydrogens is 386 g/mol. The van der Waals surface area contributed by atoms with Crippen molar-refractivity contribution in [2.45, 2.75) is 18.9 Å². The van der Waals surface area contributed by atoms with Crippen LogP contribution in [0.4, 0.5) is 4.79 Å². The zero-order chi connectivity index (χ0) is 21.5. The molecule has 3 aromatic carbocycles. The Balaban J connectivity index is 1.24. The molecule has 3 aromatic rings. The zero-order valence-corrected chi connectivity index (χ0v) is 17.7. The summed E-state index contributed by atoms with van der Waals surface area (Å²) in [6.45, 7) is 1.49. The van der Waals surface area contributed by atoms with Gasteiger partial charge in [-0.15, -0.1) is 0 Å². The van der Waals surface area contributed by atoms with E-state index < -0.39 is 0 Å². The number of amides is 1. The van der Waals surface area contributed by atoms with Crippen LogP contribution in [0.3, 0.4) is 0 Å². The Morgan fingerprint density at radius 3 is 2.23 bits per heavy atom. The first-order valence-corrected chi connectivity index (χ1v) is 10.6. The van der Waals surface area contributed by atoms with Crippen molar-refractivity contribution in [1.29, 1.82) is 0 Å². The Morgan fingerprint density at radius 1 is 0.935 bits per heavy atom.